The number of hydrogen-bond acceptors (Lipinski definition) is 6. The molecule has 2 rings (SSSR count). The van der Waals surface area contributed by atoms with E-state index >= 15 is 0 Å². The zero-order chi connectivity index (χ0) is 19.1. The maximum absolute atomic E-state index is 12.6. The third-order valence-electron chi connectivity index (χ3n) is 3.90. The van der Waals surface area contributed by atoms with Gasteiger partial charge in [-0.25, -0.2) is 0 Å². The molecule has 0 heterocycles. The summed E-state index contributed by atoms with van der Waals surface area (Å²) in [5.41, 5.74) is 0.714. The summed E-state index contributed by atoms with van der Waals surface area (Å²) in [6, 6.07) is 16.5. The number of hydrogen-bond donors (Lipinski definition) is 0. The van der Waals surface area contributed by atoms with E-state index in [-0.39, 0.29) is 0 Å². The summed E-state index contributed by atoms with van der Waals surface area (Å²) in [6.07, 6.45) is 0. The molecule has 2 aromatic carbocycles. The van der Waals surface area contributed by atoms with Crippen molar-refractivity contribution in [3.05, 3.63) is 59.7 Å². The Morgan fingerprint density at radius 3 is 1.85 bits per heavy atom. The summed E-state index contributed by atoms with van der Waals surface area (Å²) in [5, 5.41) is 18.8. The largest absolute Gasteiger partial charge is 0.493 e. The van der Waals surface area contributed by atoms with Gasteiger partial charge in [-0.3, -0.25) is 9.59 Å². The zero-order valence-corrected chi connectivity index (χ0v) is 14.3. The molecule has 6 nitrogen and oxygen atoms in total. The lowest BCUT2D eigenvalue weighted by Crippen LogP contribution is -2.26. The van der Waals surface area contributed by atoms with Crippen LogP contribution in [0.15, 0.2) is 48.5 Å². The highest BCUT2D eigenvalue weighted by Gasteiger charge is 2.33. The van der Waals surface area contributed by atoms with Crippen molar-refractivity contribution in [1.82, 2.24) is 0 Å². The van der Waals surface area contributed by atoms with Crippen LogP contribution in [-0.2, 0) is 9.59 Å². The van der Waals surface area contributed by atoms with Gasteiger partial charge < -0.3 is 9.47 Å². The lowest BCUT2D eigenvalue weighted by Gasteiger charge is -2.14. The number of methoxy groups -OCH3 is 2. The maximum Gasteiger partial charge on any atom is 0.221 e. The average Bonchev–Trinajstić information content (AvgIpc) is 2.69. The van der Waals surface area contributed by atoms with Gasteiger partial charge in [-0.1, -0.05) is 36.4 Å². The minimum absolute atomic E-state index is 0.299. The minimum Gasteiger partial charge on any atom is -0.493 e. The van der Waals surface area contributed by atoms with Crippen LogP contribution in [0.4, 0.5) is 0 Å². The van der Waals surface area contributed by atoms with Gasteiger partial charge in [0.2, 0.25) is 11.6 Å². The fourth-order valence-electron chi connectivity index (χ4n) is 2.53. The second kappa shape index (κ2) is 8.46. The second-order valence-electron chi connectivity index (χ2n) is 5.38. The van der Waals surface area contributed by atoms with E-state index < -0.39 is 23.4 Å². The van der Waals surface area contributed by atoms with Crippen LogP contribution in [0.1, 0.15) is 23.0 Å². The molecule has 0 saturated heterocycles. The molecule has 2 aromatic rings. The van der Waals surface area contributed by atoms with E-state index in [0.29, 0.717) is 22.6 Å². The number of ether oxygens (including phenoxy) is 2. The Kier molecular flexibility index (Phi) is 6.08. The van der Waals surface area contributed by atoms with E-state index in [1.54, 1.807) is 36.4 Å². The monoisotopic (exact) mass is 348 g/mol. The first-order chi connectivity index (χ1) is 12.6. The number of nitriles is 2. The Morgan fingerprint density at radius 1 is 0.808 bits per heavy atom. The number of rotatable bonds is 7. The predicted octanol–water partition coefficient (Wildman–Crippen LogP) is 2.76. The van der Waals surface area contributed by atoms with Crippen molar-refractivity contribution in [3.8, 4) is 23.6 Å². The van der Waals surface area contributed by atoms with Gasteiger partial charge in [-0.2, -0.15) is 10.5 Å². The number of carbonyl (C=O) groups excluding carboxylic acids is 2. The van der Waals surface area contributed by atoms with Gasteiger partial charge >= 0.3 is 0 Å². The molecular weight excluding hydrogens is 332 g/mol. The van der Waals surface area contributed by atoms with Crippen LogP contribution in [0.2, 0.25) is 0 Å². The molecule has 0 aliphatic heterocycles. The van der Waals surface area contributed by atoms with E-state index in [1.807, 2.05) is 12.1 Å². The van der Waals surface area contributed by atoms with Crippen LogP contribution < -0.4 is 9.47 Å². The van der Waals surface area contributed by atoms with Crippen molar-refractivity contribution in [3.63, 3.8) is 0 Å². The molecule has 6 heteroatoms. The number of Topliss-reactive ketones (excluding diaryl/α,β-unsaturated/α-hetero) is 2. The third kappa shape index (κ3) is 3.71. The molecule has 0 aromatic heterocycles. The molecule has 0 radical (unpaired) electrons. The minimum atomic E-state index is -1.33. The lowest BCUT2D eigenvalue weighted by molar-refractivity contribution is -0.137. The Morgan fingerprint density at radius 2 is 1.35 bits per heavy atom. The molecular formula is C20H16N2O4. The summed E-state index contributed by atoms with van der Waals surface area (Å²) >= 11 is 0. The van der Waals surface area contributed by atoms with Crippen molar-refractivity contribution >= 4 is 11.6 Å². The van der Waals surface area contributed by atoms with Crippen molar-refractivity contribution < 1.29 is 19.1 Å². The van der Waals surface area contributed by atoms with E-state index in [2.05, 4.69) is 0 Å². The van der Waals surface area contributed by atoms with Crippen LogP contribution in [0.5, 0.6) is 11.5 Å². The van der Waals surface area contributed by atoms with Gasteiger partial charge in [0.1, 0.15) is 11.8 Å². The Labute approximate surface area is 151 Å². The summed E-state index contributed by atoms with van der Waals surface area (Å²) in [6.45, 7) is 0. The molecule has 0 saturated carbocycles. The molecule has 130 valence electrons. The van der Waals surface area contributed by atoms with E-state index in [1.165, 1.54) is 26.4 Å². The number of ketones is 2. The first-order valence-corrected chi connectivity index (χ1v) is 7.71. The summed E-state index contributed by atoms with van der Waals surface area (Å²) in [5.74, 6) is -3.66. The molecule has 0 amide bonds. The molecule has 0 spiro atoms. The molecule has 0 bridgehead atoms. The third-order valence-corrected chi connectivity index (χ3v) is 3.90. The number of nitrogens with zero attached hydrogens (tertiary/aromatic N) is 2. The highest BCUT2D eigenvalue weighted by Crippen LogP contribution is 2.31. The summed E-state index contributed by atoms with van der Waals surface area (Å²) < 4.78 is 10.3. The van der Waals surface area contributed by atoms with Gasteiger partial charge in [0, 0.05) is 0 Å². The number of benzene rings is 2. The Balaban J connectivity index is 2.35. The van der Waals surface area contributed by atoms with Crippen molar-refractivity contribution in [2.75, 3.05) is 14.2 Å². The Hall–Kier alpha value is -3.64. The number of carbonyl (C=O) groups is 2. The van der Waals surface area contributed by atoms with Crippen LogP contribution in [-0.4, -0.2) is 25.8 Å². The highest BCUT2D eigenvalue weighted by atomic mass is 16.5. The smallest absolute Gasteiger partial charge is 0.221 e. The molecule has 0 aliphatic rings. The molecule has 0 aliphatic carbocycles. The predicted molar refractivity (Wildman–Crippen MR) is 92.7 cm³/mol. The summed E-state index contributed by atoms with van der Waals surface area (Å²) in [4.78, 5) is 25.2. The molecule has 0 fully saturated rings. The van der Waals surface area contributed by atoms with Gasteiger partial charge in [0.15, 0.2) is 11.5 Å². The van der Waals surface area contributed by atoms with Gasteiger partial charge in [0.25, 0.3) is 0 Å². The maximum atomic E-state index is 12.6. The topological polar surface area (TPSA) is 100 Å². The molecule has 2 unspecified atom stereocenters. The van der Waals surface area contributed by atoms with Gasteiger partial charge in [-0.05, 0) is 23.3 Å². The highest BCUT2D eigenvalue weighted by molar-refractivity contribution is 6.42. The Bertz CT molecular complexity index is 894. The zero-order valence-electron chi connectivity index (χ0n) is 14.3. The van der Waals surface area contributed by atoms with Crippen molar-refractivity contribution in [2.45, 2.75) is 11.8 Å². The van der Waals surface area contributed by atoms with Crippen LogP contribution in [0, 0.1) is 22.7 Å². The van der Waals surface area contributed by atoms with Gasteiger partial charge in [0.05, 0.1) is 26.4 Å². The van der Waals surface area contributed by atoms with E-state index in [0.717, 1.165) is 0 Å². The average molecular weight is 348 g/mol. The van der Waals surface area contributed by atoms with Crippen molar-refractivity contribution in [1.29, 1.82) is 10.5 Å². The molecule has 0 N–H and O–H groups in total. The lowest BCUT2D eigenvalue weighted by atomic mass is 9.86. The standard InChI is InChI=1S/C20H16N2O4/c1-25-17-9-8-14(10-18(17)26-2)16(12-22)20(24)19(23)15(11-21)13-6-4-3-5-7-13/h3-10,15-16H,1-2H3. The quantitative estimate of drug-likeness (QED) is 0.713. The van der Waals surface area contributed by atoms with Crippen LogP contribution in [0.3, 0.4) is 0 Å². The van der Waals surface area contributed by atoms with Crippen molar-refractivity contribution in [2.24, 2.45) is 0 Å². The summed E-state index contributed by atoms with van der Waals surface area (Å²) in [7, 11) is 2.89. The van der Waals surface area contributed by atoms with E-state index in [9.17, 15) is 20.1 Å². The van der Waals surface area contributed by atoms with Crippen LogP contribution >= 0.6 is 0 Å². The SMILES string of the molecule is COc1ccc(C(C#N)C(=O)C(=O)C(C#N)c2ccccc2)cc1OC. The van der Waals surface area contributed by atoms with Crippen LogP contribution in [0.25, 0.3) is 0 Å². The second-order valence-corrected chi connectivity index (χ2v) is 5.38. The molecule has 26 heavy (non-hydrogen) atoms. The fourth-order valence-corrected chi connectivity index (χ4v) is 2.53. The first kappa shape index (κ1) is 18.7. The van der Waals surface area contributed by atoms with Gasteiger partial charge in [-0.15, -0.1) is 0 Å². The molecule has 2 atom stereocenters. The normalized spacial score (nSPS) is 12.2. The fraction of sp³-hybridized carbons (Fsp3) is 0.200. The van der Waals surface area contributed by atoms with E-state index in [4.69, 9.17) is 9.47 Å². The first-order valence-electron chi connectivity index (χ1n) is 7.71.